The number of aliphatic hydroxyl groups excluding tert-OH is 1. The van der Waals surface area contributed by atoms with Crippen LogP contribution in [0.2, 0.25) is 0 Å². The van der Waals surface area contributed by atoms with E-state index in [2.05, 4.69) is 11.2 Å². The lowest BCUT2D eigenvalue weighted by molar-refractivity contribution is -0.124. The van der Waals surface area contributed by atoms with E-state index in [4.69, 9.17) is 12.2 Å². The minimum absolute atomic E-state index is 0.157. The lowest BCUT2D eigenvalue weighted by Crippen LogP contribution is -2.50. The normalized spacial score (nSPS) is 27.8. The summed E-state index contributed by atoms with van der Waals surface area (Å²) in [5.41, 5.74) is 5.55. The number of nitrogens with two attached hydrogens (primary N) is 1. The zero-order valence-corrected chi connectivity index (χ0v) is 8.78. The summed E-state index contributed by atoms with van der Waals surface area (Å²) in [4.78, 5) is 11.5. The summed E-state index contributed by atoms with van der Waals surface area (Å²) < 4.78 is 0. The molecular formula is C11H18N2O2. The molecule has 0 spiro atoms. The highest BCUT2D eigenvalue weighted by Gasteiger charge is 2.25. The highest BCUT2D eigenvalue weighted by Crippen LogP contribution is 2.18. The Hall–Kier alpha value is -1.05. The number of terminal acetylenes is 1. The van der Waals surface area contributed by atoms with E-state index in [0.29, 0.717) is 0 Å². The van der Waals surface area contributed by atoms with Crippen molar-refractivity contribution in [3.05, 3.63) is 0 Å². The van der Waals surface area contributed by atoms with Crippen LogP contribution in [0.25, 0.3) is 0 Å². The maximum absolute atomic E-state index is 11.5. The summed E-state index contributed by atoms with van der Waals surface area (Å²) in [6.45, 7) is 0. The fourth-order valence-electron chi connectivity index (χ4n) is 1.79. The minimum atomic E-state index is -0.663. The first-order valence-electron chi connectivity index (χ1n) is 5.32. The van der Waals surface area contributed by atoms with Crippen molar-refractivity contribution < 1.29 is 9.90 Å². The quantitative estimate of drug-likeness (QED) is 0.563. The Morgan fingerprint density at radius 1 is 1.60 bits per heavy atom. The van der Waals surface area contributed by atoms with Gasteiger partial charge in [-0.05, 0) is 12.8 Å². The van der Waals surface area contributed by atoms with E-state index in [1.165, 1.54) is 0 Å². The van der Waals surface area contributed by atoms with Crippen molar-refractivity contribution in [3.8, 4) is 12.3 Å². The van der Waals surface area contributed by atoms with Gasteiger partial charge < -0.3 is 16.2 Å². The van der Waals surface area contributed by atoms with Crippen molar-refractivity contribution in [1.82, 2.24) is 5.32 Å². The van der Waals surface area contributed by atoms with E-state index in [0.717, 1.165) is 25.7 Å². The van der Waals surface area contributed by atoms with E-state index < -0.39 is 12.1 Å². The third-order valence-electron chi connectivity index (χ3n) is 2.73. The number of amides is 1. The largest absolute Gasteiger partial charge is 0.391 e. The van der Waals surface area contributed by atoms with Crippen LogP contribution in [0.15, 0.2) is 0 Å². The Bertz CT molecular complexity index is 260. The molecular weight excluding hydrogens is 192 g/mol. The summed E-state index contributed by atoms with van der Waals surface area (Å²) in [6, 6.07) is -0.820. The number of hydrogen-bond acceptors (Lipinski definition) is 3. The topological polar surface area (TPSA) is 75.4 Å². The molecule has 1 fully saturated rings. The molecule has 0 bridgehead atoms. The summed E-state index contributed by atoms with van der Waals surface area (Å²) in [6.07, 6.45) is 8.47. The fraction of sp³-hybridized carbons (Fsp3) is 0.727. The smallest absolute Gasteiger partial charge is 0.238 e. The monoisotopic (exact) mass is 210 g/mol. The highest BCUT2D eigenvalue weighted by atomic mass is 16.3. The summed E-state index contributed by atoms with van der Waals surface area (Å²) in [7, 11) is 0. The second kappa shape index (κ2) is 5.74. The Morgan fingerprint density at radius 3 is 2.87 bits per heavy atom. The zero-order valence-electron chi connectivity index (χ0n) is 8.78. The molecule has 0 heterocycles. The van der Waals surface area contributed by atoms with Crippen LogP contribution >= 0.6 is 0 Å². The van der Waals surface area contributed by atoms with Gasteiger partial charge in [-0.2, -0.15) is 0 Å². The van der Waals surface area contributed by atoms with E-state index >= 15 is 0 Å². The molecule has 1 aliphatic rings. The summed E-state index contributed by atoms with van der Waals surface area (Å²) in [5.74, 6) is 2.08. The molecule has 4 nitrogen and oxygen atoms in total. The molecule has 0 radical (unpaired) electrons. The van der Waals surface area contributed by atoms with Gasteiger partial charge in [0.25, 0.3) is 0 Å². The van der Waals surface area contributed by atoms with Crippen LogP contribution in [0.1, 0.15) is 32.1 Å². The highest BCUT2D eigenvalue weighted by molar-refractivity contribution is 5.82. The maximum atomic E-state index is 11.5. The molecule has 1 rings (SSSR count). The van der Waals surface area contributed by atoms with Crippen LogP contribution in [0.3, 0.4) is 0 Å². The minimum Gasteiger partial charge on any atom is -0.391 e. The molecule has 1 unspecified atom stereocenters. The Balaban J connectivity index is 2.39. The first-order chi connectivity index (χ1) is 7.15. The molecule has 4 N–H and O–H groups in total. The SMILES string of the molecule is C#CCC(N)C(=O)N[C@@H]1CCCC[C@H]1O. The van der Waals surface area contributed by atoms with Crippen LogP contribution in [-0.2, 0) is 4.79 Å². The number of carbonyl (C=O) groups is 1. The Morgan fingerprint density at radius 2 is 2.27 bits per heavy atom. The van der Waals surface area contributed by atoms with E-state index in [1.54, 1.807) is 0 Å². The van der Waals surface area contributed by atoms with Gasteiger partial charge in [0.05, 0.1) is 18.2 Å². The van der Waals surface area contributed by atoms with Crippen molar-refractivity contribution in [2.24, 2.45) is 5.73 Å². The number of aliphatic hydroxyl groups is 1. The second-order valence-corrected chi connectivity index (χ2v) is 3.98. The van der Waals surface area contributed by atoms with Gasteiger partial charge in [0.2, 0.25) is 5.91 Å². The van der Waals surface area contributed by atoms with Crippen molar-refractivity contribution in [3.63, 3.8) is 0 Å². The van der Waals surface area contributed by atoms with Crippen LogP contribution in [-0.4, -0.2) is 29.2 Å². The average molecular weight is 210 g/mol. The van der Waals surface area contributed by atoms with Gasteiger partial charge in [0, 0.05) is 6.42 Å². The molecule has 1 saturated carbocycles. The second-order valence-electron chi connectivity index (χ2n) is 3.98. The van der Waals surface area contributed by atoms with Gasteiger partial charge in [0.1, 0.15) is 0 Å². The van der Waals surface area contributed by atoms with Crippen molar-refractivity contribution >= 4 is 5.91 Å². The Kier molecular flexibility index (Phi) is 4.60. The molecule has 0 aromatic heterocycles. The lowest BCUT2D eigenvalue weighted by atomic mass is 9.92. The number of nitrogens with one attached hydrogen (secondary N) is 1. The molecule has 0 saturated heterocycles. The van der Waals surface area contributed by atoms with Crippen LogP contribution in [0, 0.1) is 12.3 Å². The molecule has 4 heteroatoms. The maximum Gasteiger partial charge on any atom is 0.238 e. The molecule has 1 aliphatic carbocycles. The van der Waals surface area contributed by atoms with Crippen molar-refractivity contribution in [1.29, 1.82) is 0 Å². The Labute approximate surface area is 90.2 Å². The molecule has 3 atom stereocenters. The molecule has 84 valence electrons. The first kappa shape index (κ1) is 12.0. The van der Waals surface area contributed by atoms with Gasteiger partial charge in [-0.15, -0.1) is 12.3 Å². The van der Waals surface area contributed by atoms with E-state index in [-0.39, 0.29) is 18.4 Å². The molecule has 15 heavy (non-hydrogen) atoms. The number of hydrogen-bond donors (Lipinski definition) is 3. The molecule has 0 aromatic carbocycles. The van der Waals surface area contributed by atoms with E-state index in [1.807, 2.05) is 0 Å². The predicted octanol–water partition coefficient (Wildman–Crippen LogP) is -0.243. The number of carbonyl (C=O) groups excluding carboxylic acids is 1. The van der Waals surface area contributed by atoms with Gasteiger partial charge in [-0.1, -0.05) is 12.8 Å². The standard InChI is InChI=1S/C11H18N2O2/c1-2-5-8(12)11(15)13-9-6-3-4-7-10(9)14/h1,8-10,14H,3-7,12H2,(H,13,15)/t8?,9-,10-/m1/s1. The van der Waals surface area contributed by atoms with Crippen LogP contribution in [0.5, 0.6) is 0 Å². The predicted molar refractivity (Wildman–Crippen MR) is 57.8 cm³/mol. The fourth-order valence-corrected chi connectivity index (χ4v) is 1.79. The van der Waals surface area contributed by atoms with Crippen molar-refractivity contribution in [2.45, 2.75) is 50.3 Å². The van der Waals surface area contributed by atoms with E-state index in [9.17, 15) is 9.90 Å². The van der Waals surface area contributed by atoms with Crippen LogP contribution < -0.4 is 11.1 Å². The average Bonchev–Trinajstić information content (AvgIpc) is 2.21. The van der Waals surface area contributed by atoms with Gasteiger partial charge >= 0.3 is 0 Å². The number of rotatable bonds is 3. The van der Waals surface area contributed by atoms with Gasteiger partial charge in [-0.3, -0.25) is 4.79 Å². The lowest BCUT2D eigenvalue weighted by Gasteiger charge is -2.29. The third kappa shape index (κ3) is 3.54. The van der Waals surface area contributed by atoms with Crippen LogP contribution in [0.4, 0.5) is 0 Å². The third-order valence-corrected chi connectivity index (χ3v) is 2.73. The molecule has 1 amide bonds. The molecule has 0 aliphatic heterocycles. The van der Waals surface area contributed by atoms with Gasteiger partial charge in [0.15, 0.2) is 0 Å². The van der Waals surface area contributed by atoms with Gasteiger partial charge in [-0.25, -0.2) is 0 Å². The zero-order chi connectivity index (χ0) is 11.3. The van der Waals surface area contributed by atoms with Crippen molar-refractivity contribution in [2.75, 3.05) is 0 Å². The summed E-state index contributed by atoms with van der Waals surface area (Å²) >= 11 is 0. The molecule has 0 aromatic rings. The first-order valence-corrected chi connectivity index (χ1v) is 5.32. The summed E-state index contributed by atoms with van der Waals surface area (Å²) in [5, 5.41) is 12.4.